The molecule has 138 valence electrons. The average molecular weight is 374 g/mol. The van der Waals surface area contributed by atoms with Crippen LogP contribution in [0.1, 0.15) is 26.4 Å². The number of benzene rings is 2. The molecule has 0 aliphatic carbocycles. The highest BCUT2D eigenvalue weighted by atomic mass is 16.3. The lowest BCUT2D eigenvalue weighted by Gasteiger charge is -2.10. The van der Waals surface area contributed by atoms with Gasteiger partial charge >= 0.3 is 0 Å². The maximum absolute atomic E-state index is 13.1. The standard InChI is InChI=1S/C20H14N4O4/c21-19(28)17-15(12-3-1-2-4-14(12)26)16-13(9-22-20(16)24-23-17)18(27)10-5-7-11(25)8-6-10/h1-9,25-26H,(H2,21,28)(H,22,24). The summed E-state index contributed by atoms with van der Waals surface area (Å²) in [6, 6.07) is 12.1. The Labute approximate surface area is 158 Å². The smallest absolute Gasteiger partial charge is 0.269 e. The minimum atomic E-state index is -0.836. The van der Waals surface area contributed by atoms with Gasteiger partial charge in [-0.2, -0.15) is 0 Å². The number of nitrogens with zero attached hydrogens (tertiary/aromatic N) is 2. The second-order valence-corrected chi connectivity index (χ2v) is 6.11. The van der Waals surface area contributed by atoms with Crippen molar-refractivity contribution in [3.8, 4) is 22.6 Å². The molecule has 0 saturated heterocycles. The number of H-pyrrole nitrogens is 1. The fourth-order valence-electron chi connectivity index (χ4n) is 3.08. The Bertz CT molecular complexity index is 1230. The van der Waals surface area contributed by atoms with Gasteiger partial charge in [-0.3, -0.25) is 9.59 Å². The molecule has 0 atom stereocenters. The number of phenols is 2. The van der Waals surface area contributed by atoms with Crippen LogP contribution in [0, 0.1) is 0 Å². The van der Waals surface area contributed by atoms with Crippen LogP contribution in [0.15, 0.2) is 54.7 Å². The van der Waals surface area contributed by atoms with Crippen molar-refractivity contribution in [3.63, 3.8) is 0 Å². The number of carbonyl (C=O) groups excluding carboxylic acids is 2. The molecule has 4 rings (SSSR count). The first kappa shape index (κ1) is 17.2. The number of aromatic amines is 1. The Hall–Kier alpha value is -4.20. The van der Waals surface area contributed by atoms with E-state index in [4.69, 9.17) is 5.73 Å². The summed E-state index contributed by atoms with van der Waals surface area (Å²) in [7, 11) is 0. The van der Waals surface area contributed by atoms with Gasteiger partial charge in [0.25, 0.3) is 5.91 Å². The lowest BCUT2D eigenvalue weighted by atomic mass is 9.95. The number of nitrogens with two attached hydrogens (primary N) is 1. The SMILES string of the molecule is NC(=O)c1nnc2[nH]cc(C(=O)c3ccc(O)cc3)c2c1-c1ccccc1O. The van der Waals surface area contributed by atoms with E-state index in [1.807, 2.05) is 0 Å². The summed E-state index contributed by atoms with van der Waals surface area (Å²) in [5.74, 6) is -1.25. The minimum absolute atomic E-state index is 0.0345. The first-order valence-corrected chi connectivity index (χ1v) is 8.27. The molecular weight excluding hydrogens is 360 g/mol. The second kappa shape index (κ2) is 6.51. The summed E-state index contributed by atoms with van der Waals surface area (Å²) in [5.41, 5.74) is 6.67. The van der Waals surface area contributed by atoms with Crippen molar-refractivity contribution in [1.82, 2.24) is 15.2 Å². The number of rotatable bonds is 4. The molecule has 0 saturated carbocycles. The zero-order valence-electron chi connectivity index (χ0n) is 14.4. The molecule has 0 aliphatic rings. The van der Waals surface area contributed by atoms with Crippen LogP contribution in [0.25, 0.3) is 22.2 Å². The quantitative estimate of drug-likeness (QED) is 0.404. The molecule has 8 nitrogen and oxygen atoms in total. The molecule has 8 heteroatoms. The number of para-hydroxylation sites is 1. The van der Waals surface area contributed by atoms with Crippen molar-refractivity contribution in [3.05, 3.63) is 71.5 Å². The van der Waals surface area contributed by atoms with Crippen LogP contribution in [-0.2, 0) is 0 Å². The van der Waals surface area contributed by atoms with Crippen LogP contribution in [0.2, 0.25) is 0 Å². The molecule has 0 fully saturated rings. The Morgan fingerprint density at radius 2 is 1.68 bits per heavy atom. The monoisotopic (exact) mass is 374 g/mol. The molecule has 2 aromatic carbocycles. The molecule has 28 heavy (non-hydrogen) atoms. The molecule has 1 amide bonds. The van der Waals surface area contributed by atoms with Crippen molar-refractivity contribution in [1.29, 1.82) is 0 Å². The topological polar surface area (TPSA) is 142 Å². The van der Waals surface area contributed by atoms with Crippen LogP contribution in [0.5, 0.6) is 11.5 Å². The van der Waals surface area contributed by atoms with Gasteiger partial charge in [-0.25, -0.2) is 0 Å². The number of hydrogen-bond acceptors (Lipinski definition) is 6. The Morgan fingerprint density at radius 1 is 0.964 bits per heavy atom. The van der Waals surface area contributed by atoms with Crippen LogP contribution in [-0.4, -0.2) is 37.1 Å². The van der Waals surface area contributed by atoms with E-state index in [1.165, 1.54) is 36.5 Å². The minimum Gasteiger partial charge on any atom is -0.508 e. The molecule has 0 spiro atoms. The van der Waals surface area contributed by atoms with Crippen LogP contribution in [0.4, 0.5) is 0 Å². The first-order valence-electron chi connectivity index (χ1n) is 8.27. The number of aromatic hydroxyl groups is 2. The lowest BCUT2D eigenvalue weighted by molar-refractivity contribution is 0.0993. The second-order valence-electron chi connectivity index (χ2n) is 6.11. The van der Waals surface area contributed by atoms with Gasteiger partial charge in [0.05, 0.1) is 5.56 Å². The van der Waals surface area contributed by atoms with Crippen LogP contribution in [0.3, 0.4) is 0 Å². The third-order valence-corrected chi connectivity index (χ3v) is 4.38. The number of carbonyl (C=O) groups is 2. The number of phenolic OH excluding ortho intramolecular Hbond substituents is 2. The molecule has 0 bridgehead atoms. The number of hydrogen-bond donors (Lipinski definition) is 4. The van der Waals surface area contributed by atoms with Gasteiger partial charge < -0.3 is 20.9 Å². The van der Waals surface area contributed by atoms with Gasteiger partial charge in [0, 0.05) is 28.3 Å². The highest BCUT2D eigenvalue weighted by molar-refractivity contribution is 6.20. The summed E-state index contributed by atoms with van der Waals surface area (Å²) in [4.78, 5) is 27.9. The van der Waals surface area contributed by atoms with Crippen molar-refractivity contribution in [2.24, 2.45) is 5.73 Å². The largest absolute Gasteiger partial charge is 0.508 e. The van der Waals surface area contributed by atoms with Crippen molar-refractivity contribution < 1.29 is 19.8 Å². The summed E-state index contributed by atoms with van der Waals surface area (Å²) in [5, 5.41) is 27.9. The molecule has 2 heterocycles. The van der Waals surface area contributed by atoms with Gasteiger partial charge in [0.2, 0.25) is 0 Å². The van der Waals surface area contributed by atoms with Crippen LogP contribution >= 0.6 is 0 Å². The molecule has 0 radical (unpaired) electrons. The number of ketones is 1. The van der Waals surface area contributed by atoms with Gasteiger partial charge in [0.15, 0.2) is 17.1 Å². The molecule has 4 aromatic rings. The fraction of sp³-hybridized carbons (Fsp3) is 0. The number of amides is 1. The van der Waals surface area contributed by atoms with E-state index >= 15 is 0 Å². The van der Waals surface area contributed by atoms with Gasteiger partial charge in [-0.05, 0) is 30.3 Å². The zero-order valence-corrected chi connectivity index (χ0v) is 14.4. The normalized spacial score (nSPS) is 10.9. The maximum atomic E-state index is 13.1. The summed E-state index contributed by atoms with van der Waals surface area (Å²) < 4.78 is 0. The Kier molecular flexibility index (Phi) is 4.00. The fourth-order valence-corrected chi connectivity index (χ4v) is 3.08. The van der Waals surface area contributed by atoms with E-state index < -0.39 is 5.91 Å². The van der Waals surface area contributed by atoms with E-state index in [-0.39, 0.29) is 39.8 Å². The summed E-state index contributed by atoms with van der Waals surface area (Å²) >= 11 is 0. The number of fused-ring (bicyclic) bond motifs is 1. The van der Waals surface area contributed by atoms with Crippen molar-refractivity contribution in [2.75, 3.05) is 0 Å². The number of nitrogens with one attached hydrogen (secondary N) is 1. The molecule has 5 N–H and O–H groups in total. The van der Waals surface area contributed by atoms with Crippen molar-refractivity contribution in [2.45, 2.75) is 0 Å². The van der Waals surface area contributed by atoms with E-state index in [0.29, 0.717) is 16.5 Å². The molecule has 2 aromatic heterocycles. The average Bonchev–Trinajstić information content (AvgIpc) is 3.12. The van der Waals surface area contributed by atoms with Crippen LogP contribution < -0.4 is 5.73 Å². The molecule has 0 unspecified atom stereocenters. The Balaban J connectivity index is 2.04. The highest BCUT2D eigenvalue weighted by Crippen LogP contribution is 2.37. The first-order chi connectivity index (χ1) is 13.5. The van der Waals surface area contributed by atoms with Gasteiger partial charge in [0.1, 0.15) is 11.5 Å². The summed E-state index contributed by atoms with van der Waals surface area (Å²) in [6.45, 7) is 0. The molecular formula is C20H14N4O4. The molecule has 0 aliphatic heterocycles. The van der Waals surface area contributed by atoms with Gasteiger partial charge in [-0.1, -0.05) is 18.2 Å². The third-order valence-electron chi connectivity index (χ3n) is 4.38. The lowest BCUT2D eigenvalue weighted by Crippen LogP contribution is -2.16. The van der Waals surface area contributed by atoms with Crippen molar-refractivity contribution >= 4 is 22.7 Å². The highest BCUT2D eigenvalue weighted by Gasteiger charge is 2.25. The zero-order chi connectivity index (χ0) is 19.8. The van der Waals surface area contributed by atoms with Gasteiger partial charge in [-0.15, -0.1) is 10.2 Å². The van der Waals surface area contributed by atoms with E-state index in [1.54, 1.807) is 18.2 Å². The number of primary amides is 1. The predicted octanol–water partition coefficient (Wildman–Crippen LogP) is 2.37. The van der Waals surface area contributed by atoms with E-state index in [2.05, 4.69) is 15.2 Å². The Morgan fingerprint density at radius 3 is 2.36 bits per heavy atom. The summed E-state index contributed by atoms with van der Waals surface area (Å²) in [6.07, 6.45) is 1.46. The van der Waals surface area contributed by atoms with E-state index in [9.17, 15) is 19.8 Å². The third kappa shape index (κ3) is 2.73. The maximum Gasteiger partial charge on any atom is 0.269 e. The predicted molar refractivity (Wildman–Crippen MR) is 101 cm³/mol. The van der Waals surface area contributed by atoms with E-state index in [0.717, 1.165) is 0 Å². The number of aromatic nitrogens is 3.